The highest BCUT2D eigenvalue weighted by Gasteiger charge is 2.42. The summed E-state index contributed by atoms with van der Waals surface area (Å²) in [5, 5.41) is 5.32. The number of carbonyl (C=O) groups is 5. The number of benzene rings is 2. The first-order valence-electron chi connectivity index (χ1n) is 19.2. The van der Waals surface area contributed by atoms with Gasteiger partial charge in [0.15, 0.2) is 0 Å². The first kappa shape index (κ1) is 40.5. The molecule has 57 heavy (non-hydrogen) atoms. The molecule has 2 aromatic heterocycles. The molecule has 4 atom stereocenters. The number of nitrogens with zero attached hydrogens (tertiary/aromatic N) is 5. The fourth-order valence-corrected chi connectivity index (χ4v) is 7.39. The number of carbonyl (C=O) groups excluding carboxylic acids is 5. The number of H-pyrrole nitrogens is 2. The number of rotatable bonds is 11. The molecular formula is C41H51N9O7. The van der Waals surface area contributed by atoms with E-state index in [0.29, 0.717) is 18.2 Å². The number of aromatic amines is 2. The molecule has 6 rings (SSSR count). The van der Waals surface area contributed by atoms with Crippen molar-refractivity contribution in [2.75, 3.05) is 34.0 Å². The van der Waals surface area contributed by atoms with E-state index in [1.807, 2.05) is 76.2 Å². The molecule has 2 aliphatic heterocycles. The van der Waals surface area contributed by atoms with Crippen LogP contribution in [-0.4, -0.2) is 111 Å². The van der Waals surface area contributed by atoms with Crippen LogP contribution in [-0.2, 0) is 23.9 Å². The Morgan fingerprint density at radius 2 is 1.12 bits per heavy atom. The van der Waals surface area contributed by atoms with Crippen LogP contribution in [0.5, 0.6) is 0 Å². The topological polar surface area (TPSA) is 195 Å². The van der Waals surface area contributed by atoms with Crippen molar-refractivity contribution in [2.24, 2.45) is 11.8 Å². The second-order valence-corrected chi connectivity index (χ2v) is 15.1. The Hall–Kier alpha value is -6.19. The van der Waals surface area contributed by atoms with Gasteiger partial charge in [0.25, 0.3) is 0 Å². The van der Waals surface area contributed by atoms with E-state index >= 15 is 0 Å². The van der Waals surface area contributed by atoms with Crippen molar-refractivity contribution in [2.45, 2.75) is 71.6 Å². The van der Waals surface area contributed by atoms with Crippen LogP contribution in [0.4, 0.5) is 9.59 Å². The van der Waals surface area contributed by atoms with Crippen LogP contribution in [0.25, 0.3) is 33.6 Å². The predicted octanol–water partition coefficient (Wildman–Crippen LogP) is 5.25. The van der Waals surface area contributed by atoms with Crippen molar-refractivity contribution in [3.8, 4) is 33.6 Å². The van der Waals surface area contributed by atoms with Crippen LogP contribution >= 0.6 is 0 Å². The largest absolute Gasteiger partial charge is 0.453 e. The summed E-state index contributed by atoms with van der Waals surface area (Å²) in [5.74, 6) is 0.247. The zero-order valence-electron chi connectivity index (χ0n) is 33.4. The molecule has 16 nitrogen and oxygen atoms in total. The number of ether oxygens (including phenoxy) is 2. The van der Waals surface area contributed by atoms with Crippen molar-refractivity contribution < 1.29 is 33.4 Å². The number of methoxy groups -OCH3 is 2. The van der Waals surface area contributed by atoms with Gasteiger partial charge in [0, 0.05) is 13.5 Å². The lowest BCUT2D eigenvalue weighted by atomic mass is 10.0. The van der Waals surface area contributed by atoms with Crippen molar-refractivity contribution >= 4 is 29.9 Å². The number of alkyl carbamates (subject to hydrolysis) is 2. The van der Waals surface area contributed by atoms with E-state index in [4.69, 9.17) is 9.47 Å². The second kappa shape index (κ2) is 17.3. The first-order valence-corrected chi connectivity index (χ1v) is 19.2. The summed E-state index contributed by atoms with van der Waals surface area (Å²) in [6.07, 6.45) is 3.76. The summed E-state index contributed by atoms with van der Waals surface area (Å²) in [5.41, 5.74) is 5.47. The van der Waals surface area contributed by atoms with Gasteiger partial charge in [0.2, 0.25) is 17.7 Å². The summed E-state index contributed by atoms with van der Waals surface area (Å²) >= 11 is 0. The molecule has 5 amide bonds. The highest BCUT2D eigenvalue weighted by molar-refractivity contribution is 5.88. The minimum atomic E-state index is -0.845. The van der Waals surface area contributed by atoms with Gasteiger partial charge in [0.05, 0.1) is 57.3 Å². The minimum absolute atomic E-state index is 0.0760. The Labute approximate surface area is 331 Å². The minimum Gasteiger partial charge on any atom is -0.453 e. The van der Waals surface area contributed by atoms with Gasteiger partial charge in [-0.2, -0.15) is 0 Å². The summed E-state index contributed by atoms with van der Waals surface area (Å²) in [6.45, 7) is 9.82. The number of amides is 5. The maximum absolute atomic E-state index is 13.7. The van der Waals surface area contributed by atoms with Crippen LogP contribution in [0, 0.1) is 11.8 Å². The van der Waals surface area contributed by atoms with Gasteiger partial charge >= 0.3 is 12.2 Å². The third-order valence-electron chi connectivity index (χ3n) is 10.7. The first-order chi connectivity index (χ1) is 27.3. The molecule has 2 aliphatic rings. The van der Waals surface area contributed by atoms with E-state index in [2.05, 4.69) is 30.6 Å². The van der Waals surface area contributed by atoms with Crippen LogP contribution in [0.1, 0.15) is 71.2 Å². The van der Waals surface area contributed by atoms with Crippen LogP contribution in [0.2, 0.25) is 0 Å². The monoisotopic (exact) mass is 781 g/mol. The number of hydrogen-bond donors (Lipinski definition) is 4. The highest BCUT2D eigenvalue weighted by atomic mass is 16.5. The third-order valence-corrected chi connectivity index (χ3v) is 10.7. The van der Waals surface area contributed by atoms with Crippen LogP contribution in [0.15, 0.2) is 60.9 Å². The smallest absolute Gasteiger partial charge is 0.407 e. The number of likely N-dealkylation sites (tertiary alicyclic amines) is 1. The molecule has 0 aliphatic carbocycles. The van der Waals surface area contributed by atoms with Gasteiger partial charge < -0.3 is 44.8 Å². The Balaban J connectivity index is 1.13. The Kier molecular flexibility index (Phi) is 12.3. The molecule has 302 valence electrons. The average molecular weight is 782 g/mol. The maximum Gasteiger partial charge on any atom is 0.407 e. The average Bonchev–Trinajstić information content (AvgIpc) is 4.04. The number of nitrogens with one attached hydrogen (secondary N) is 4. The molecule has 0 radical (unpaired) electrons. The van der Waals surface area contributed by atoms with Crippen molar-refractivity contribution in [3.05, 3.63) is 72.6 Å². The zero-order valence-corrected chi connectivity index (χ0v) is 33.4. The number of hydrogen-bond acceptors (Lipinski definition) is 9. The maximum atomic E-state index is 13.7. The molecule has 2 aromatic carbocycles. The molecule has 0 saturated carbocycles. The zero-order chi connectivity index (χ0) is 41.0. The molecule has 16 heteroatoms. The van der Waals surface area contributed by atoms with Gasteiger partial charge in [-0.15, -0.1) is 0 Å². The lowest BCUT2D eigenvalue weighted by molar-refractivity contribution is -0.137. The summed E-state index contributed by atoms with van der Waals surface area (Å²) < 4.78 is 9.49. The fraction of sp³-hybridized carbons (Fsp3) is 0.439. The Bertz CT molecular complexity index is 2080. The lowest BCUT2D eigenvalue weighted by Crippen LogP contribution is -2.51. The standard InChI is InChI=1S/C41H51N9O7/c1-23(2)34(46-40(54)56-6)38(52)49-18-8-9-32(49)36-42-19-30(44-36)28-14-10-26(11-15-28)27-12-16-29(17-13-27)31-20-43-37(45-31)33-21-48(25(5)51)22-50(33)39(53)35(24(3)4)47-41(55)57-7/h10-17,19-20,23-24,32-35H,8-9,18,21-22H2,1-7H3,(H,42,44)(H,43,45)(H,46,54)(H,47,55)/t32-,33-,34?,35?/m0/s1. The van der Waals surface area contributed by atoms with Gasteiger partial charge in [-0.05, 0) is 46.9 Å². The van der Waals surface area contributed by atoms with Gasteiger partial charge in [-0.25, -0.2) is 19.6 Å². The van der Waals surface area contributed by atoms with Gasteiger partial charge in [-0.3, -0.25) is 14.4 Å². The molecule has 4 aromatic rings. The van der Waals surface area contributed by atoms with E-state index in [0.717, 1.165) is 46.5 Å². The van der Waals surface area contributed by atoms with Crippen molar-refractivity contribution in [1.29, 1.82) is 0 Å². The highest BCUT2D eigenvalue weighted by Crippen LogP contribution is 2.34. The fourth-order valence-electron chi connectivity index (χ4n) is 7.39. The molecule has 4 heterocycles. The molecule has 4 N–H and O–H groups in total. The van der Waals surface area contributed by atoms with Gasteiger partial charge in [0.1, 0.15) is 29.8 Å². The van der Waals surface area contributed by atoms with Crippen molar-refractivity contribution in [1.82, 2.24) is 45.3 Å². The van der Waals surface area contributed by atoms with E-state index in [-0.39, 0.29) is 48.8 Å². The predicted molar refractivity (Wildman–Crippen MR) is 211 cm³/mol. The Morgan fingerprint density at radius 3 is 1.56 bits per heavy atom. The SMILES string of the molecule is COC(=O)NC(C(=O)N1CCC[C@H]1c1ncc(-c2ccc(-c3ccc(-c4cnc([C@@H]5CN(C(C)=O)CN5C(=O)C(NC(=O)OC)C(C)C)[nH]4)cc3)cc2)[nH]1)C(C)C. The van der Waals surface area contributed by atoms with Crippen LogP contribution < -0.4 is 10.6 Å². The van der Waals surface area contributed by atoms with Crippen LogP contribution in [0.3, 0.4) is 0 Å². The number of imidazole rings is 2. The molecule has 2 unspecified atom stereocenters. The van der Waals surface area contributed by atoms with E-state index < -0.39 is 30.3 Å². The molecule has 0 bridgehead atoms. The summed E-state index contributed by atoms with van der Waals surface area (Å²) in [6, 6.07) is 13.9. The molecule has 0 spiro atoms. The Morgan fingerprint density at radius 1 is 0.684 bits per heavy atom. The quantitative estimate of drug-likeness (QED) is 0.157. The molecule has 2 fully saturated rings. The third kappa shape index (κ3) is 8.79. The van der Waals surface area contributed by atoms with E-state index in [1.165, 1.54) is 21.1 Å². The summed E-state index contributed by atoms with van der Waals surface area (Å²) in [4.78, 5) is 84.7. The van der Waals surface area contributed by atoms with E-state index in [9.17, 15) is 24.0 Å². The molecule has 2 saturated heterocycles. The number of aromatic nitrogens is 4. The van der Waals surface area contributed by atoms with Gasteiger partial charge in [-0.1, -0.05) is 76.2 Å². The molecular weight excluding hydrogens is 731 g/mol. The second-order valence-electron chi connectivity index (χ2n) is 15.1. The summed E-state index contributed by atoms with van der Waals surface area (Å²) in [7, 11) is 2.53. The lowest BCUT2D eigenvalue weighted by Gasteiger charge is -2.30. The van der Waals surface area contributed by atoms with Crippen molar-refractivity contribution in [3.63, 3.8) is 0 Å². The van der Waals surface area contributed by atoms with E-state index in [1.54, 1.807) is 27.1 Å². The normalized spacial score (nSPS) is 17.8.